The fourth-order valence-corrected chi connectivity index (χ4v) is 2.43. The van der Waals surface area contributed by atoms with Gasteiger partial charge in [-0.1, -0.05) is 46.3 Å². The Morgan fingerprint density at radius 2 is 1.62 bits per heavy atom. The Morgan fingerprint density at radius 1 is 1.05 bits per heavy atom. The fraction of sp³-hybridized carbons (Fsp3) is 0.125. The first-order chi connectivity index (χ1) is 10.0. The highest BCUT2D eigenvalue weighted by atomic mass is 79.9. The minimum Gasteiger partial charge on any atom is -0.478 e. The lowest BCUT2D eigenvalue weighted by molar-refractivity contribution is 0.0680. The standard InChI is InChI=1S/C16H14BrNO3/c1-18(10-11-6-2-5-9-14(11)17)15(19)12-7-3-4-8-13(12)16(20)21/h2-9H,10H2,1H3,(H,20,21). The van der Waals surface area contributed by atoms with E-state index in [9.17, 15) is 9.59 Å². The predicted molar refractivity (Wildman–Crippen MR) is 83.3 cm³/mol. The maximum Gasteiger partial charge on any atom is 0.336 e. The first-order valence-electron chi connectivity index (χ1n) is 6.32. The van der Waals surface area contributed by atoms with E-state index < -0.39 is 5.97 Å². The Balaban J connectivity index is 2.24. The lowest BCUT2D eigenvalue weighted by atomic mass is 10.1. The van der Waals surface area contributed by atoms with Crippen LogP contribution in [-0.4, -0.2) is 28.9 Å². The zero-order valence-electron chi connectivity index (χ0n) is 11.4. The second-order valence-electron chi connectivity index (χ2n) is 4.60. The third kappa shape index (κ3) is 3.49. The van der Waals surface area contributed by atoms with Gasteiger partial charge in [0.15, 0.2) is 0 Å². The van der Waals surface area contributed by atoms with Crippen molar-refractivity contribution in [2.45, 2.75) is 6.54 Å². The summed E-state index contributed by atoms with van der Waals surface area (Å²) in [6.45, 7) is 0.397. The number of rotatable bonds is 4. The zero-order chi connectivity index (χ0) is 15.4. The van der Waals surface area contributed by atoms with Gasteiger partial charge in [-0.15, -0.1) is 0 Å². The van der Waals surface area contributed by atoms with Gasteiger partial charge in [0.25, 0.3) is 5.91 Å². The normalized spacial score (nSPS) is 10.2. The summed E-state index contributed by atoms with van der Waals surface area (Å²) in [6.07, 6.45) is 0. The molecule has 0 spiro atoms. The van der Waals surface area contributed by atoms with Gasteiger partial charge in [-0.05, 0) is 23.8 Å². The summed E-state index contributed by atoms with van der Waals surface area (Å²) in [5.41, 5.74) is 1.17. The molecule has 5 heteroatoms. The van der Waals surface area contributed by atoms with Crippen molar-refractivity contribution in [1.82, 2.24) is 4.90 Å². The third-order valence-corrected chi connectivity index (χ3v) is 3.87. The molecule has 0 saturated heterocycles. The molecule has 0 aromatic heterocycles. The number of carbonyl (C=O) groups is 2. The molecule has 2 aromatic carbocycles. The van der Waals surface area contributed by atoms with Gasteiger partial charge in [0.2, 0.25) is 0 Å². The maximum absolute atomic E-state index is 12.4. The van der Waals surface area contributed by atoms with E-state index in [1.807, 2.05) is 24.3 Å². The van der Waals surface area contributed by atoms with Gasteiger partial charge >= 0.3 is 5.97 Å². The summed E-state index contributed by atoms with van der Waals surface area (Å²) in [4.78, 5) is 25.1. The van der Waals surface area contributed by atoms with Crippen LogP contribution in [-0.2, 0) is 6.54 Å². The summed E-state index contributed by atoms with van der Waals surface area (Å²) >= 11 is 3.44. The summed E-state index contributed by atoms with van der Waals surface area (Å²) < 4.78 is 0.913. The van der Waals surface area contributed by atoms with Crippen molar-refractivity contribution in [1.29, 1.82) is 0 Å². The number of hydrogen-bond acceptors (Lipinski definition) is 2. The average molecular weight is 348 g/mol. The van der Waals surface area contributed by atoms with Gasteiger partial charge in [-0.2, -0.15) is 0 Å². The van der Waals surface area contributed by atoms with Crippen molar-refractivity contribution < 1.29 is 14.7 Å². The van der Waals surface area contributed by atoms with Crippen LogP contribution in [0.25, 0.3) is 0 Å². The third-order valence-electron chi connectivity index (χ3n) is 3.10. The van der Waals surface area contributed by atoms with Crippen molar-refractivity contribution in [2.24, 2.45) is 0 Å². The van der Waals surface area contributed by atoms with E-state index in [1.165, 1.54) is 17.0 Å². The maximum atomic E-state index is 12.4. The van der Waals surface area contributed by atoms with E-state index in [0.717, 1.165) is 10.0 Å². The number of benzene rings is 2. The van der Waals surface area contributed by atoms with Crippen LogP contribution in [0.3, 0.4) is 0 Å². The van der Waals surface area contributed by atoms with Gasteiger partial charge in [-0.25, -0.2) is 4.79 Å². The molecular formula is C16H14BrNO3. The summed E-state index contributed by atoms with van der Waals surface area (Å²) in [7, 11) is 1.65. The van der Waals surface area contributed by atoms with Crippen LogP contribution in [0.5, 0.6) is 0 Å². The van der Waals surface area contributed by atoms with Gasteiger partial charge in [0, 0.05) is 18.1 Å². The van der Waals surface area contributed by atoms with E-state index >= 15 is 0 Å². The molecule has 0 bridgehead atoms. The topological polar surface area (TPSA) is 57.6 Å². The quantitative estimate of drug-likeness (QED) is 0.921. The molecule has 21 heavy (non-hydrogen) atoms. The van der Waals surface area contributed by atoms with Crippen molar-refractivity contribution in [3.05, 3.63) is 69.7 Å². The van der Waals surface area contributed by atoms with Crippen molar-refractivity contribution in [2.75, 3.05) is 7.05 Å². The zero-order valence-corrected chi connectivity index (χ0v) is 13.0. The molecular weight excluding hydrogens is 334 g/mol. The number of aromatic carboxylic acids is 1. The number of hydrogen-bond donors (Lipinski definition) is 1. The summed E-state index contributed by atoms with van der Waals surface area (Å²) in [5, 5.41) is 9.15. The molecule has 0 saturated carbocycles. The van der Waals surface area contributed by atoms with Crippen LogP contribution in [0.2, 0.25) is 0 Å². The highest BCUT2D eigenvalue weighted by Gasteiger charge is 2.19. The van der Waals surface area contributed by atoms with Gasteiger partial charge in [0.05, 0.1) is 11.1 Å². The Kier molecular flexibility index (Phi) is 4.75. The molecule has 1 amide bonds. The van der Waals surface area contributed by atoms with Gasteiger partial charge in [0.1, 0.15) is 0 Å². The summed E-state index contributed by atoms with van der Waals surface area (Å²) in [5.74, 6) is -1.42. The number of carboxylic acid groups (broad SMARTS) is 1. The number of nitrogens with zero attached hydrogens (tertiary/aromatic N) is 1. The first kappa shape index (κ1) is 15.3. The molecule has 2 rings (SSSR count). The molecule has 0 atom stereocenters. The minimum absolute atomic E-state index is 0.0153. The van der Waals surface area contributed by atoms with Crippen molar-refractivity contribution >= 4 is 27.8 Å². The monoisotopic (exact) mass is 347 g/mol. The fourth-order valence-electron chi connectivity index (χ4n) is 2.02. The number of amides is 1. The van der Waals surface area contributed by atoms with E-state index in [-0.39, 0.29) is 17.0 Å². The van der Waals surface area contributed by atoms with Crippen LogP contribution in [0.15, 0.2) is 53.0 Å². The van der Waals surface area contributed by atoms with E-state index in [1.54, 1.807) is 19.2 Å². The van der Waals surface area contributed by atoms with Gasteiger partial charge in [-0.3, -0.25) is 4.79 Å². The van der Waals surface area contributed by atoms with Crippen LogP contribution in [0, 0.1) is 0 Å². The molecule has 0 heterocycles. The Labute approximate surface area is 131 Å². The van der Waals surface area contributed by atoms with Crippen LogP contribution in [0.4, 0.5) is 0 Å². The molecule has 2 aromatic rings. The van der Waals surface area contributed by atoms with E-state index in [0.29, 0.717) is 6.54 Å². The molecule has 1 N–H and O–H groups in total. The molecule has 0 radical (unpaired) electrons. The summed E-state index contributed by atoms with van der Waals surface area (Å²) in [6, 6.07) is 13.8. The van der Waals surface area contributed by atoms with Crippen LogP contribution >= 0.6 is 15.9 Å². The second kappa shape index (κ2) is 6.54. The number of halogens is 1. The predicted octanol–water partition coefficient (Wildman–Crippen LogP) is 3.42. The average Bonchev–Trinajstić information content (AvgIpc) is 2.48. The Hall–Kier alpha value is -2.14. The molecule has 0 aliphatic rings. The Morgan fingerprint density at radius 3 is 2.24 bits per heavy atom. The SMILES string of the molecule is CN(Cc1ccccc1Br)C(=O)c1ccccc1C(=O)O. The molecule has 0 fully saturated rings. The van der Waals surface area contributed by atoms with E-state index in [4.69, 9.17) is 5.11 Å². The van der Waals surface area contributed by atoms with Crippen LogP contribution < -0.4 is 0 Å². The highest BCUT2D eigenvalue weighted by molar-refractivity contribution is 9.10. The highest BCUT2D eigenvalue weighted by Crippen LogP contribution is 2.19. The molecule has 0 unspecified atom stereocenters. The minimum atomic E-state index is -1.10. The molecule has 0 aliphatic heterocycles. The first-order valence-corrected chi connectivity index (χ1v) is 7.11. The Bertz CT molecular complexity index is 685. The molecule has 4 nitrogen and oxygen atoms in total. The molecule has 0 aliphatic carbocycles. The second-order valence-corrected chi connectivity index (χ2v) is 5.46. The largest absolute Gasteiger partial charge is 0.478 e. The smallest absolute Gasteiger partial charge is 0.336 e. The molecule has 108 valence electrons. The van der Waals surface area contributed by atoms with E-state index in [2.05, 4.69) is 15.9 Å². The van der Waals surface area contributed by atoms with Crippen LogP contribution in [0.1, 0.15) is 26.3 Å². The van der Waals surface area contributed by atoms with Crippen molar-refractivity contribution in [3.63, 3.8) is 0 Å². The van der Waals surface area contributed by atoms with Gasteiger partial charge < -0.3 is 10.0 Å². The lowest BCUT2D eigenvalue weighted by Gasteiger charge is -2.19. The lowest BCUT2D eigenvalue weighted by Crippen LogP contribution is -2.28. The van der Waals surface area contributed by atoms with Crippen molar-refractivity contribution in [3.8, 4) is 0 Å². The number of carboxylic acids is 1. The number of carbonyl (C=O) groups excluding carboxylic acids is 1.